The summed E-state index contributed by atoms with van der Waals surface area (Å²) < 4.78 is 19.0. The number of rotatable bonds is 8. The first kappa shape index (κ1) is 26.6. The van der Waals surface area contributed by atoms with Gasteiger partial charge < -0.3 is 9.64 Å². The fraction of sp³-hybridized carbons (Fsp3) is 0.385. The first-order valence-electron chi connectivity index (χ1n) is 12.0. The van der Waals surface area contributed by atoms with Gasteiger partial charge in [0.1, 0.15) is 17.5 Å². The van der Waals surface area contributed by atoms with Crippen LogP contribution in [0.5, 0.6) is 5.75 Å². The maximum absolute atomic E-state index is 13.2. The monoisotopic (exact) mass is 530 g/mol. The molecule has 2 N–H and O–H groups in total. The summed E-state index contributed by atoms with van der Waals surface area (Å²) in [6, 6.07) is 10.8. The van der Waals surface area contributed by atoms with E-state index in [0.29, 0.717) is 19.6 Å². The molecule has 11 heteroatoms. The number of hydrazine groups is 1. The molecule has 0 aliphatic carbocycles. The number of benzene rings is 2. The average molecular weight is 531 g/mol. The predicted molar refractivity (Wildman–Crippen MR) is 133 cm³/mol. The normalized spacial score (nSPS) is 20.5. The van der Waals surface area contributed by atoms with Gasteiger partial charge in [0.05, 0.1) is 5.56 Å². The van der Waals surface area contributed by atoms with Gasteiger partial charge in [-0.1, -0.05) is 23.7 Å². The van der Waals surface area contributed by atoms with Crippen molar-refractivity contribution in [1.29, 1.82) is 0 Å². The molecule has 0 saturated carbocycles. The van der Waals surface area contributed by atoms with Crippen molar-refractivity contribution in [2.45, 2.75) is 38.9 Å². The Labute approximate surface area is 218 Å². The molecule has 0 spiro atoms. The molecule has 2 aromatic rings. The predicted octanol–water partition coefficient (Wildman–Crippen LogP) is 2.33. The molecule has 4 rings (SSSR count). The van der Waals surface area contributed by atoms with Crippen LogP contribution in [0.3, 0.4) is 0 Å². The van der Waals surface area contributed by atoms with E-state index in [0.717, 1.165) is 5.56 Å². The first-order valence-corrected chi connectivity index (χ1v) is 12.3. The number of carbonyl (C=O) groups excluding carboxylic acids is 4. The molecule has 0 aromatic heterocycles. The molecule has 196 valence electrons. The highest BCUT2D eigenvalue weighted by molar-refractivity contribution is 6.31. The van der Waals surface area contributed by atoms with E-state index in [-0.39, 0.29) is 53.2 Å². The number of hydrogen-bond donors (Lipinski definition) is 2. The number of carbonyl (C=O) groups is 4. The minimum atomic E-state index is -1.14. The maximum Gasteiger partial charge on any atom is 0.260 e. The standard InChI is InChI=1S/C26H28ClFN4O5/c1-15-12-32(16(2)11-31(15)13-17-3-6-19(28)7-4-17)24(34)14-37-23-8-5-18(27)9-20(23)22(33)10-21-25(35)29-30-26(21)36/h3-9,15-16,21H,10-14H2,1-2H3,(H,29,35)(H,30,36). The van der Waals surface area contributed by atoms with Crippen molar-refractivity contribution < 1.29 is 28.3 Å². The molecule has 0 bridgehead atoms. The molecule has 9 nitrogen and oxygen atoms in total. The Balaban J connectivity index is 1.37. The number of ether oxygens (including phenoxy) is 1. The van der Waals surface area contributed by atoms with Crippen LogP contribution < -0.4 is 15.6 Å². The van der Waals surface area contributed by atoms with Gasteiger partial charge in [-0.05, 0) is 49.7 Å². The lowest BCUT2D eigenvalue weighted by molar-refractivity contribution is -0.139. The molecule has 3 amide bonds. The van der Waals surface area contributed by atoms with Gasteiger partial charge in [0.25, 0.3) is 17.7 Å². The molecule has 37 heavy (non-hydrogen) atoms. The Morgan fingerprint density at radius 3 is 2.38 bits per heavy atom. The number of ketones is 1. The van der Waals surface area contributed by atoms with Gasteiger partial charge >= 0.3 is 0 Å². The van der Waals surface area contributed by atoms with Crippen LogP contribution in [0.25, 0.3) is 0 Å². The van der Waals surface area contributed by atoms with Crippen LogP contribution in [0.4, 0.5) is 4.39 Å². The van der Waals surface area contributed by atoms with Crippen molar-refractivity contribution >= 4 is 35.1 Å². The molecule has 0 radical (unpaired) electrons. The number of Topliss-reactive ketones (excluding diaryl/α,β-unsaturated/α-hetero) is 1. The van der Waals surface area contributed by atoms with Gasteiger partial charge in [0.2, 0.25) is 0 Å². The third-order valence-corrected chi connectivity index (χ3v) is 6.89. The number of amides is 3. The highest BCUT2D eigenvalue weighted by atomic mass is 35.5. The van der Waals surface area contributed by atoms with Gasteiger partial charge in [-0.25, -0.2) is 4.39 Å². The highest BCUT2D eigenvalue weighted by Crippen LogP contribution is 2.27. The van der Waals surface area contributed by atoms with E-state index in [4.69, 9.17) is 16.3 Å². The lowest BCUT2D eigenvalue weighted by Crippen LogP contribution is -2.58. The van der Waals surface area contributed by atoms with Crippen molar-refractivity contribution in [3.8, 4) is 5.75 Å². The van der Waals surface area contributed by atoms with Crippen molar-refractivity contribution in [3.05, 3.63) is 64.4 Å². The molecular formula is C26H28ClFN4O5. The Hall–Kier alpha value is -3.50. The number of nitrogens with zero attached hydrogens (tertiary/aromatic N) is 2. The van der Waals surface area contributed by atoms with E-state index in [2.05, 4.69) is 15.8 Å². The van der Waals surface area contributed by atoms with E-state index in [1.165, 1.54) is 30.3 Å². The van der Waals surface area contributed by atoms with E-state index in [1.807, 2.05) is 13.8 Å². The zero-order valence-corrected chi connectivity index (χ0v) is 21.3. The second-order valence-corrected chi connectivity index (χ2v) is 9.82. The van der Waals surface area contributed by atoms with E-state index in [9.17, 15) is 23.6 Å². The highest BCUT2D eigenvalue weighted by Gasteiger charge is 2.36. The number of piperazine rings is 1. The van der Waals surface area contributed by atoms with Crippen LogP contribution in [0, 0.1) is 11.7 Å². The quantitative estimate of drug-likeness (QED) is 0.401. The van der Waals surface area contributed by atoms with Crippen LogP contribution in [-0.4, -0.2) is 65.1 Å². The van der Waals surface area contributed by atoms with E-state index in [1.54, 1.807) is 17.0 Å². The van der Waals surface area contributed by atoms with Crippen molar-refractivity contribution in [1.82, 2.24) is 20.7 Å². The van der Waals surface area contributed by atoms with Crippen LogP contribution >= 0.6 is 11.6 Å². The molecule has 2 aliphatic heterocycles. The SMILES string of the molecule is CC1CN(C(=O)COc2ccc(Cl)cc2C(=O)CC2C(=O)NNC2=O)C(C)CN1Cc1ccc(F)cc1. The second kappa shape index (κ2) is 11.3. The number of halogens is 2. The fourth-order valence-corrected chi connectivity index (χ4v) is 4.73. The summed E-state index contributed by atoms with van der Waals surface area (Å²) in [7, 11) is 0. The average Bonchev–Trinajstić information content (AvgIpc) is 3.18. The summed E-state index contributed by atoms with van der Waals surface area (Å²) >= 11 is 6.07. The van der Waals surface area contributed by atoms with Crippen LogP contribution in [0.15, 0.2) is 42.5 Å². The molecule has 2 aliphatic rings. The topological polar surface area (TPSA) is 108 Å². The Bertz CT molecular complexity index is 1190. The van der Waals surface area contributed by atoms with Crippen molar-refractivity contribution in [2.75, 3.05) is 19.7 Å². The maximum atomic E-state index is 13.2. The summed E-state index contributed by atoms with van der Waals surface area (Å²) in [6.45, 7) is 5.47. The van der Waals surface area contributed by atoms with E-state index < -0.39 is 23.5 Å². The first-order chi connectivity index (χ1) is 17.6. The lowest BCUT2D eigenvalue weighted by Gasteiger charge is -2.44. The van der Waals surface area contributed by atoms with Crippen molar-refractivity contribution in [2.24, 2.45) is 5.92 Å². The summed E-state index contributed by atoms with van der Waals surface area (Å²) in [5.41, 5.74) is 5.47. The summed E-state index contributed by atoms with van der Waals surface area (Å²) in [5.74, 6) is -3.17. The summed E-state index contributed by atoms with van der Waals surface area (Å²) in [5, 5.41) is 0.280. The summed E-state index contributed by atoms with van der Waals surface area (Å²) in [4.78, 5) is 53.6. The second-order valence-electron chi connectivity index (χ2n) is 9.39. The van der Waals surface area contributed by atoms with Crippen LogP contribution in [0.1, 0.15) is 36.2 Å². The van der Waals surface area contributed by atoms with E-state index >= 15 is 0 Å². The fourth-order valence-electron chi connectivity index (χ4n) is 4.56. The third kappa shape index (κ3) is 6.26. The van der Waals surface area contributed by atoms with Gasteiger partial charge in [-0.2, -0.15) is 0 Å². The van der Waals surface area contributed by atoms with Crippen LogP contribution in [-0.2, 0) is 20.9 Å². The minimum absolute atomic E-state index is 0.0709. The van der Waals surface area contributed by atoms with Gasteiger partial charge in [0.15, 0.2) is 12.4 Å². The van der Waals surface area contributed by atoms with Gasteiger partial charge in [0, 0.05) is 43.2 Å². The lowest BCUT2D eigenvalue weighted by atomic mass is 9.97. The molecular weight excluding hydrogens is 503 g/mol. The molecule has 2 atom stereocenters. The molecule has 2 unspecified atom stereocenters. The number of hydrogen-bond acceptors (Lipinski definition) is 6. The minimum Gasteiger partial charge on any atom is -0.483 e. The zero-order valence-electron chi connectivity index (χ0n) is 20.5. The third-order valence-electron chi connectivity index (χ3n) is 6.66. The smallest absolute Gasteiger partial charge is 0.260 e. The van der Waals surface area contributed by atoms with Gasteiger partial charge in [-0.15, -0.1) is 0 Å². The molecule has 2 heterocycles. The molecule has 2 fully saturated rings. The largest absolute Gasteiger partial charge is 0.483 e. The summed E-state index contributed by atoms with van der Waals surface area (Å²) in [6.07, 6.45) is -0.354. The molecule has 2 aromatic carbocycles. The van der Waals surface area contributed by atoms with Crippen molar-refractivity contribution in [3.63, 3.8) is 0 Å². The Morgan fingerprint density at radius 2 is 1.70 bits per heavy atom. The zero-order chi connectivity index (χ0) is 26.7. The van der Waals surface area contributed by atoms with Gasteiger partial charge in [-0.3, -0.25) is 34.9 Å². The number of nitrogens with one attached hydrogen (secondary N) is 2. The Morgan fingerprint density at radius 1 is 1.03 bits per heavy atom. The van der Waals surface area contributed by atoms with Crippen LogP contribution in [0.2, 0.25) is 5.02 Å². The Kier molecular flexibility index (Phi) is 8.09. The molecule has 2 saturated heterocycles.